The van der Waals surface area contributed by atoms with Gasteiger partial charge in [0.25, 0.3) is 5.89 Å². The molecule has 1 unspecified atom stereocenters. The minimum absolute atomic E-state index is 0.00266. The molecule has 0 amide bonds. The van der Waals surface area contributed by atoms with Gasteiger partial charge in [0.2, 0.25) is 0 Å². The first kappa shape index (κ1) is 12.0. The van der Waals surface area contributed by atoms with Crippen LogP contribution in [0, 0.1) is 0 Å². The summed E-state index contributed by atoms with van der Waals surface area (Å²) >= 11 is 0. The van der Waals surface area contributed by atoms with Gasteiger partial charge >= 0.3 is 0 Å². The zero-order chi connectivity index (χ0) is 13.2. The van der Waals surface area contributed by atoms with Gasteiger partial charge in [0.15, 0.2) is 17.3 Å². The van der Waals surface area contributed by atoms with Crippen molar-refractivity contribution in [2.45, 2.75) is 12.3 Å². The predicted molar refractivity (Wildman–Crippen MR) is 66.1 cm³/mol. The van der Waals surface area contributed by atoms with E-state index in [-0.39, 0.29) is 11.7 Å². The molecule has 100 valence electrons. The Balaban J connectivity index is 1.94. The highest BCUT2D eigenvalue weighted by Crippen LogP contribution is 2.36. The third-order valence-corrected chi connectivity index (χ3v) is 3.19. The number of phenolic OH excluding ortho intramolecular Hbond substituents is 1. The molecule has 1 aliphatic rings. The summed E-state index contributed by atoms with van der Waals surface area (Å²) in [6, 6.07) is 5.14. The van der Waals surface area contributed by atoms with Crippen molar-refractivity contribution in [2.75, 3.05) is 20.3 Å². The van der Waals surface area contributed by atoms with Gasteiger partial charge in [0.1, 0.15) is 0 Å². The molecule has 1 atom stereocenters. The van der Waals surface area contributed by atoms with Crippen LogP contribution in [0.5, 0.6) is 11.5 Å². The van der Waals surface area contributed by atoms with Crippen molar-refractivity contribution in [1.29, 1.82) is 0 Å². The summed E-state index contributed by atoms with van der Waals surface area (Å²) < 4.78 is 15.6. The molecule has 1 aromatic carbocycles. The average Bonchev–Trinajstić information content (AvgIpc) is 3.09. The summed E-state index contributed by atoms with van der Waals surface area (Å²) in [5.74, 6) is 1.46. The first-order chi connectivity index (χ1) is 9.29. The lowest BCUT2D eigenvalue weighted by atomic mass is 10.1. The SMILES string of the molecule is COc1cccc(-c2nc(C3CCOC3)no2)c1O. The van der Waals surface area contributed by atoms with E-state index in [4.69, 9.17) is 14.0 Å². The molecule has 0 aliphatic carbocycles. The Morgan fingerprint density at radius 1 is 1.42 bits per heavy atom. The van der Waals surface area contributed by atoms with Gasteiger partial charge in [0, 0.05) is 12.5 Å². The molecule has 6 nitrogen and oxygen atoms in total. The summed E-state index contributed by atoms with van der Waals surface area (Å²) in [5.41, 5.74) is 0.469. The Labute approximate surface area is 110 Å². The monoisotopic (exact) mass is 262 g/mol. The van der Waals surface area contributed by atoms with E-state index < -0.39 is 0 Å². The summed E-state index contributed by atoms with van der Waals surface area (Å²) in [6.07, 6.45) is 0.892. The number of hydrogen-bond acceptors (Lipinski definition) is 6. The summed E-state index contributed by atoms with van der Waals surface area (Å²) in [5, 5.41) is 14.0. The molecule has 6 heteroatoms. The van der Waals surface area contributed by atoms with Crippen LogP contribution in [-0.2, 0) is 4.74 Å². The zero-order valence-corrected chi connectivity index (χ0v) is 10.5. The number of aromatic nitrogens is 2. The summed E-state index contributed by atoms with van der Waals surface area (Å²) in [7, 11) is 1.49. The molecule has 19 heavy (non-hydrogen) atoms. The van der Waals surface area contributed by atoms with Crippen molar-refractivity contribution in [3.63, 3.8) is 0 Å². The quantitative estimate of drug-likeness (QED) is 0.911. The molecule has 1 fully saturated rings. The number of rotatable bonds is 3. The van der Waals surface area contributed by atoms with E-state index >= 15 is 0 Å². The van der Waals surface area contributed by atoms with E-state index in [9.17, 15) is 5.11 Å². The molecule has 0 saturated carbocycles. The molecule has 2 aromatic rings. The number of nitrogens with zero attached hydrogens (tertiary/aromatic N) is 2. The van der Waals surface area contributed by atoms with Gasteiger partial charge in [-0.25, -0.2) is 0 Å². The molecule has 0 bridgehead atoms. The molecule has 1 saturated heterocycles. The Morgan fingerprint density at radius 2 is 2.32 bits per heavy atom. The van der Waals surface area contributed by atoms with E-state index in [0.717, 1.165) is 13.0 Å². The molecule has 1 N–H and O–H groups in total. The van der Waals surface area contributed by atoms with E-state index in [1.807, 2.05) is 0 Å². The zero-order valence-electron chi connectivity index (χ0n) is 10.5. The fraction of sp³-hybridized carbons (Fsp3) is 0.385. The third kappa shape index (κ3) is 2.15. The standard InChI is InChI=1S/C13H14N2O4/c1-17-10-4-2-3-9(11(10)16)13-14-12(15-19-13)8-5-6-18-7-8/h2-4,8,16H,5-7H2,1H3. The molecule has 1 aromatic heterocycles. The average molecular weight is 262 g/mol. The minimum atomic E-state index is 0.00266. The van der Waals surface area contributed by atoms with E-state index in [1.165, 1.54) is 7.11 Å². The van der Waals surface area contributed by atoms with Crippen molar-refractivity contribution in [3.05, 3.63) is 24.0 Å². The smallest absolute Gasteiger partial charge is 0.261 e. The van der Waals surface area contributed by atoms with Crippen LogP contribution in [0.1, 0.15) is 18.2 Å². The van der Waals surface area contributed by atoms with Gasteiger partial charge in [-0.1, -0.05) is 11.2 Å². The van der Waals surface area contributed by atoms with Crippen molar-refractivity contribution in [1.82, 2.24) is 10.1 Å². The normalized spacial score (nSPS) is 18.7. The van der Waals surface area contributed by atoms with Crippen LogP contribution in [0.15, 0.2) is 22.7 Å². The maximum atomic E-state index is 10.0. The molecular weight excluding hydrogens is 248 g/mol. The van der Waals surface area contributed by atoms with Crippen LogP contribution in [0.25, 0.3) is 11.5 Å². The van der Waals surface area contributed by atoms with Crippen molar-refractivity contribution < 1.29 is 19.1 Å². The topological polar surface area (TPSA) is 77.6 Å². The number of para-hydroxylation sites is 1. The lowest BCUT2D eigenvalue weighted by Gasteiger charge is -2.05. The van der Waals surface area contributed by atoms with Crippen molar-refractivity contribution in [3.8, 4) is 23.0 Å². The Bertz CT molecular complexity index is 576. The maximum Gasteiger partial charge on any atom is 0.261 e. The molecule has 1 aliphatic heterocycles. The Hall–Kier alpha value is -2.08. The molecule has 2 heterocycles. The highest BCUT2D eigenvalue weighted by atomic mass is 16.5. The minimum Gasteiger partial charge on any atom is -0.504 e. The fourth-order valence-corrected chi connectivity index (χ4v) is 2.11. The van der Waals surface area contributed by atoms with Crippen LogP contribution in [0.3, 0.4) is 0 Å². The Morgan fingerprint density at radius 3 is 3.05 bits per heavy atom. The number of phenols is 1. The predicted octanol–water partition coefficient (Wildman–Crippen LogP) is 1.95. The lowest BCUT2D eigenvalue weighted by molar-refractivity contribution is 0.192. The van der Waals surface area contributed by atoms with E-state index in [2.05, 4.69) is 10.1 Å². The lowest BCUT2D eigenvalue weighted by Crippen LogP contribution is -1.99. The second kappa shape index (κ2) is 4.89. The van der Waals surface area contributed by atoms with Crippen LogP contribution in [0.2, 0.25) is 0 Å². The summed E-state index contributed by atoms with van der Waals surface area (Å²) in [4.78, 5) is 4.33. The van der Waals surface area contributed by atoms with Crippen LogP contribution in [-0.4, -0.2) is 35.6 Å². The van der Waals surface area contributed by atoms with Crippen LogP contribution >= 0.6 is 0 Å². The van der Waals surface area contributed by atoms with Crippen molar-refractivity contribution in [2.24, 2.45) is 0 Å². The van der Waals surface area contributed by atoms with Gasteiger partial charge in [0.05, 0.1) is 19.3 Å². The van der Waals surface area contributed by atoms with Gasteiger partial charge in [-0.2, -0.15) is 4.98 Å². The second-order valence-electron chi connectivity index (χ2n) is 4.37. The van der Waals surface area contributed by atoms with E-state index in [0.29, 0.717) is 29.6 Å². The third-order valence-electron chi connectivity index (χ3n) is 3.19. The maximum absolute atomic E-state index is 10.0. The van der Waals surface area contributed by atoms with Gasteiger partial charge < -0.3 is 19.1 Å². The fourth-order valence-electron chi connectivity index (χ4n) is 2.11. The van der Waals surface area contributed by atoms with Gasteiger partial charge in [-0.3, -0.25) is 0 Å². The molecule has 3 rings (SSSR count). The van der Waals surface area contributed by atoms with Crippen LogP contribution in [0.4, 0.5) is 0 Å². The molecule has 0 radical (unpaired) electrons. The highest BCUT2D eigenvalue weighted by Gasteiger charge is 2.24. The van der Waals surface area contributed by atoms with Crippen LogP contribution < -0.4 is 4.74 Å². The molecular formula is C13H14N2O4. The first-order valence-electron chi connectivity index (χ1n) is 6.07. The number of methoxy groups -OCH3 is 1. The van der Waals surface area contributed by atoms with Gasteiger partial charge in [-0.05, 0) is 18.6 Å². The Kier molecular flexibility index (Phi) is 3.08. The largest absolute Gasteiger partial charge is 0.504 e. The van der Waals surface area contributed by atoms with Crippen molar-refractivity contribution >= 4 is 0 Å². The number of benzene rings is 1. The highest BCUT2D eigenvalue weighted by molar-refractivity contribution is 5.66. The number of aromatic hydroxyl groups is 1. The number of hydrogen-bond donors (Lipinski definition) is 1. The first-order valence-corrected chi connectivity index (χ1v) is 6.07. The van der Waals surface area contributed by atoms with Gasteiger partial charge in [-0.15, -0.1) is 0 Å². The summed E-state index contributed by atoms with van der Waals surface area (Å²) in [6.45, 7) is 1.34. The number of ether oxygens (including phenoxy) is 2. The van der Waals surface area contributed by atoms with E-state index in [1.54, 1.807) is 18.2 Å². The second-order valence-corrected chi connectivity index (χ2v) is 4.37. The molecule has 0 spiro atoms.